The summed E-state index contributed by atoms with van der Waals surface area (Å²) in [5.41, 5.74) is 2.41. The second kappa shape index (κ2) is 9.58. The Morgan fingerprint density at radius 3 is 2.41 bits per heavy atom. The molecule has 32 heavy (non-hydrogen) atoms. The second-order valence-corrected chi connectivity index (χ2v) is 8.18. The molecule has 0 saturated carbocycles. The van der Waals surface area contributed by atoms with Crippen molar-refractivity contribution in [3.05, 3.63) is 53.1 Å². The first-order chi connectivity index (χ1) is 15.4. The van der Waals surface area contributed by atoms with E-state index in [1.807, 2.05) is 17.0 Å². The van der Waals surface area contributed by atoms with Crippen molar-refractivity contribution in [3.8, 4) is 11.5 Å². The number of alkyl halides is 3. The molecule has 0 aliphatic carbocycles. The lowest BCUT2D eigenvalue weighted by Crippen LogP contribution is -2.47. The van der Waals surface area contributed by atoms with E-state index < -0.39 is 11.7 Å². The van der Waals surface area contributed by atoms with Crippen LogP contribution in [0.1, 0.15) is 29.2 Å². The van der Waals surface area contributed by atoms with Gasteiger partial charge in [-0.15, -0.1) is 0 Å². The van der Waals surface area contributed by atoms with E-state index in [2.05, 4.69) is 4.90 Å². The van der Waals surface area contributed by atoms with Crippen LogP contribution in [0.15, 0.2) is 36.4 Å². The van der Waals surface area contributed by atoms with Crippen molar-refractivity contribution in [2.45, 2.75) is 25.1 Å². The Morgan fingerprint density at radius 1 is 1.00 bits per heavy atom. The summed E-state index contributed by atoms with van der Waals surface area (Å²) in [6.45, 7) is 4.57. The molecule has 0 radical (unpaired) electrons. The minimum atomic E-state index is -4.32. The molecule has 1 fully saturated rings. The first-order valence-corrected chi connectivity index (χ1v) is 10.9. The van der Waals surface area contributed by atoms with Gasteiger partial charge in [-0.1, -0.05) is 6.07 Å². The number of fused-ring (bicyclic) bond motifs is 1. The van der Waals surface area contributed by atoms with Gasteiger partial charge in [-0.05, 0) is 54.3 Å². The van der Waals surface area contributed by atoms with E-state index >= 15 is 0 Å². The molecular formula is C24H29F3N2O3. The van der Waals surface area contributed by atoms with E-state index in [9.17, 15) is 13.2 Å². The van der Waals surface area contributed by atoms with Crippen LogP contribution in [-0.2, 0) is 17.3 Å². The Kier molecular flexibility index (Phi) is 6.81. The topological polar surface area (TPSA) is 34.2 Å². The number of piperazine rings is 1. The van der Waals surface area contributed by atoms with Crippen LogP contribution < -0.4 is 14.4 Å². The van der Waals surface area contributed by atoms with E-state index in [4.69, 9.17) is 14.2 Å². The molecule has 0 amide bonds. The maximum Gasteiger partial charge on any atom is 0.416 e. The molecule has 0 spiro atoms. The van der Waals surface area contributed by atoms with E-state index in [-0.39, 0.29) is 6.10 Å². The monoisotopic (exact) mass is 450 g/mol. The minimum Gasteiger partial charge on any atom is -0.493 e. The van der Waals surface area contributed by atoms with Crippen molar-refractivity contribution in [1.82, 2.24) is 4.90 Å². The van der Waals surface area contributed by atoms with Crippen molar-refractivity contribution < 1.29 is 27.4 Å². The van der Waals surface area contributed by atoms with Gasteiger partial charge in [0.2, 0.25) is 0 Å². The quantitative estimate of drug-likeness (QED) is 0.645. The molecule has 174 valence electrons. The Labute approximate surface area is 186 Å². The molecule has 1 saturated heterocycles. The molecular weight excluding hydrogens is 421 g/mol. The molecule has 2 aliphatic rings. The zero-order valence-electron chi connectivity index (χ0n) is 18.5. The normalized spacial score (nSPS) is 19.5. The summed E-state index contributed by atoms with van der Waals surface area (Å²) in [6.07, 6.45) is -2.62. The van der Waals surface area contributed by atoms with Crippen LogP contribution in [0.2, 0.25) is 0 Å². The van der Waals surface area contributed by atoms with Gasteiger partial charge in [0.15, 0.2) is 11.5 Å². The fourth-order valence-electron chi connectivity index (χ4n) is 4.50. The lowest BCUT2D eigenvalue weighted by Gasteiger charge is -2.37. The average molecular weight is 451 g/mol. The largest absolute Gasteiger partial charge is 0.493 e. The highest BCUT2D eigenvalue weighted by atomic mass is 19.4. The Morgan fingerprint density at radius 2 is 1.72 bits per heavy atom. The molecule has 0 N–H and O–H groups in total. The summed E-state index contributed by atoms with van der Waals surface area (Å²) in [6, 6.07) is 9.64. The molecule has 2 aromatic rings. The lowest BCUT2D eigenvalue weighted by atomic mass is 9.94. The average Bonchev–Trinajstić information content (AvgIpc) is 2.81. The van der Waals surface area contributed by atoms with Crippen molar-refractivity contribution in [1.29, 1.82) is 0 Å². The van der Waals surface area contributed by atoms with Crippen LogP contribution in [0, 0.1) is 0 Å². The third-order valence-electron chi connectivity index (χ3n) is 6.30. The second-order valence-electron chi connectivity index (χ2n) is 8.18. The molecule has 0 bridgehead atoms. The number of rotatable bonds is 6. The zero-order valence-corrected chi connectivity index (χ0v) is 18.5. The maximum absolute atomic E-state index is 13.0. The highest BCUT2D eigenvalue weighted by molar-refractivity contribution is 5.50. The Bertz CT molecular complexity index is 927. The summed E-state index contributed by atoms with van der Waals surface area (Å²) in [7, 11) is 3.27. The molecule has 2 aliphatic heterocycles. The van der Waals surface area contributed by atoms with E-state index in [0.29, 0.717) is 31.1 Å². The number of anilines is 1. The van der Waals surface area contributed by atoms with E-state index in [1.165, 1.54) is 17.7 Å². The van der Waals surface area contributed by atoms with Crippen molar-refractivity contribution in [2.24, 2.45) is 0 Å². The van der Waals surface area contributed by atoms with Crippen LogP contribution in [0.5, 0.6) is 11.5 Å². The highest BCUT2D eigenvalue weighted by Gasteiger charge is 2.31. The minimum absolute atomic E-state index is 0.0000489. The van der Waals surface area contributed by atoms with Gasteiger partial charge in [-0.25, -0.2) is 0 Å². The highest BCUT2D eigenvalue weighted by Crippen LogP contribution is 2.38. The molecule has 0 aromatic heterocycles. The number of ether oxygens (including phenoxy) is 3. The van der Waals surface area contributed by atoms with Gasteiger partial charge in [-0.3, -0.25) is 4.90 Å². The van der Waals surface area contributed by atoms with Crippen molar-refractivity contribution in [3.63, 3.8) is 0 Å². The molecule has 8 heteroatoms. The number of nitrogens with zero attached hydrogens (tertiary/aromatic N) is 2. The number of halogens is 3. The molecule has 1 unspecified atom stereocenters. The summed E-state index contributed by atoms with van der Waals surface area (Å²) in [4.78, 5) is 4.37. The molecule has 4 rings (SSSR count). The zero-order chi connectivity index (χ0) is 22.7. The molecule has 5 nitrogen and oxygen atoms in total. The summed E-state index contributed by atoms with van der Waals surface area (Å²) >= 11 is 0. The first kappa shape index (κ1) is 22.7. The van der Waals surface area contributed by atoms with Gasteiger partial charge in [0.25, 0.3) is 0 Å². The molecule has 2 aromatic carbocycles. The lowest BCUT2D eigenvalue weighted by molar-refractivity contribution is -0.137. The molecule has 1 atom stereocenters. The third kappa shape index (κ3) is 4.96. The van der Waals surface area contributed by atoms with Gasteiger partial charge >= 0.3 is 6.18 Å². The van der Waals surface area contributed by atoms with Crippen LogP contribution in [0.4, 0.5) is 18.9 Å². The van der Waals surface area contributed by atoms with Crippen molar-refractivity contribution in [2.75, 3.05) is 58.5 Å². The number of hydrogen-bond donors (Lipinski definition) is 0. The third-order valence-corrected chi connectivity index (χ3v) is 6.30. The number of methoxy groups -OCH3 is 2. The smallest absolute Gasteiger partial charge is 0.416 e. The predicted molar refractivity (Wildman–Crippen MR) is 117 cm³/mol. The van der Waals surface area contributed by atoms with Gasteiger partial charge < -0.3 is 19.1 Å². The first-order valence-electron chi connectivity index (χ1n) is 10.9. The van der Waals surface area contributed by atoms with E-state index in [1.54, 1.807) is 20.3 Å². The van der Waals surface area contributed by atoms with Gasteiger partial charge in [0.1, 0.15) is 0 Å². The van der Waals surface area contributed by atoms with Gasteiger partial charge in [-0.2, -0.15) is 13.2 Å². The predicted octanol–water partition coefficient (Wildman–Crippen LogP) is 4.55. The summed E-state index contributed by atoms with van der Waals surface area (Å²) < 4.78 is 56.0. The van der Waals surface area contributed by atoms with Crippen LogP contribution in [-0.4, -0.2) is 58.5 Å². The van der Waals surface area contributed by atoms with Crippen molar-refractivity contribution >= 4 is 5.69 Å². The Hall–Kier alpha value is -2.45. The van der Waals surface area contributed by atoms with Gasteiger partial charge in [0.05, 0.1) is 32.5 Å². The molecule has 2 heterocycles. The van der Waals surface area contributed by atoms with Crippen LogP contribution >= 0.6 is 0 Å². The SMILES string of the molecule is COc1cc2c(cc1OC)C(CCN1CCN(c3cccc(C(F)(F)F)c3)CC1)OCC2. The van der Waals surface area contributed by atoms with Gasteiger partial charge in [0, 0.05) is 38.4 Å². The fourth-order valence-corrected chi connectivity index (χ4v) is 4.50. The van der Waals surface area contributed by atoms with Crippen LogP contribution in [0.25, 0.3) is 0 Å². The summed E-state index contributed by atoms with van der Waals surface area (Å²) in [5, 5.41) is 0. The standard InChI is InChI=1S/C24H29F3N2O3/c1-30-22-14-17-7-13-32-21(20(17)16-23(22)31-2)6-8-28-9-11-29(12-10-28)19-5-3-4-18(15-19)24(25,26)27/h3-5,14-16,21H,6-13H2,1-2H3. The fraction of sp³-hybridized carbons (Fsp3) is 0.500. The number of hydrogen-bond acceptors (Lipinski definition) is 5. The van der Waals surface area contributed by atoms with Crippen LogP contribution in [0.3, 0.4) is 0 Å². The van der Waals surface area contributed by atoms with E-state index in [0.717, 1.165) is 49.9 Å². The maximum atomic E-state index is 13.0. The number of benzene rings is 2. The summed E-state index contributed by atoms with van der Waals surface area (Å²) in [5.74, 6) is 1.44. The Balaban J connectivity index is 1.35.